The van der Waals surface area contributed by atoms with Crippen molar-refractivity contribution in [2.75, 3.05) is 13.7 Å². The smallest absolute Gasteiger partial charge is 0.309 e. The SMILES string of the molecule is COCCCn1c(O)csc1=O. The van der Waals surface area contributed by atoms with Crippen LogP contribution in [0.3, 0.4) is 0 Å². The first kappa shape index (κ1) is 9.28. The number of aromatic nitrogens is 1. The average molecular weight is 189 g/mol. The van der Waals surface area contributed by atoms with Crippen molar-refractivity contribution in [2.24, 2.45) is 0 Å². The van der Waals surface area contributed by atoms with Gasteiger partial charge in [-0.25, -0.2) is 0 Å². The highest BCUT2D eigenvalue weighted by Gasteiger charge is 2.02. The molecule has 0 aliphatic rings. The van der Waals surface area contributed by atoms with Crippen LogP contribution in [0.4, 0.5) is 0 Å². The predicted molar refractivity (Wildman–Crippen MR) is 46.7 cm³/mol. The summed E-state index contributed by atoms with van der Waals surface area (Å²) in [5, 5.41) is 10.6. The third-order valence-corrected chi connectivity index (χ3v) is 2.24. The monoisotopic (exact) mass is 189 g/mol. The lowest BCUT2D eigenvalue weighted by atomic mass is 10.4. The van der Waals surface area contributed by atoms with Crippen LogP contribution in [-0.2, 0) is 11.3 Å². The van der Waals surface area contributed by atoms with E-state index in [9.17, 15) is 4.79 Å². The van der Waals surface area contributed by atoms with E-state index in [1.807, 2.05) is 0 Å². The number of thiazole rings is 1. The van der Waals surface area contributed by atoms with E-state index >= 15 is 0 Å². The molecule has 1 heterocycles. The Hall–Kier alpha value is -0.810. The molecule has 0 unspecified atom stereocenters. The first-order valence-corrected chi connectivity index (χ1v) is 4.50. The van der Waals surface area contributed by atoms with Crippen LogP contribution in [-0.4, -0.2) is 23.4 Å². The number of ether oxygens (including phenoxy) is 1. The summed E-state index contributed by atoms with van der Waals surface area (Å²) < 4.78 is 6.16. The highest BCUT2D eigenvalue weighted by molar-refractivity contribution is 7.07. The maximum atomic E-state index is 11.0. The second-order valence-corrected chi connectivity index (χ2v) is 3.18. The van der Waals surface area contributed by atoms with E-state index in [1.165, 1.54) is 9.95 Å². The lowest BCUT2D eigenvalue weighted by Crippen LogP contribution is -2.13. The third kappa shape index (κ3) is 2.09. The molecule has 0 aliphatic carbocycles. The molecule has 0 radical (unpaired) electrons. The summed E-state index contributed by atoms with van der Waals surface area (Å²) in [5.41, 5.74) is 0. The van der Waals surface area contributed by atoms with Gasteiger partial charge < -0.3 is 9.84 Å². The van der Waals surface area contributed by atoms with Gasteiger partial charge in [-0.3, -0.25) is 9.36 Å². The van der Waals surface area contributed by atoms with Gasteiger partial charge in [-0.15, -0.1) is 0 Å². The summed E-state index contributed by atoms with van der Waals surface area (Å²) >= 11 is 1.01. The zero-order chi connectivity index (χ0) is 8.97. The summed E-state index contributed by atoms with van der Waals surface area (Å²) in [6, 6.07) is 0. The van der Waals surface area contributed by atoms with E-state index in [4.69, 9.17) is 9.84 Å². The number of aromatic hydroxyl groups is 1. The standard InChI is InChI=1S/C7H11NO3S/c1-11-4-2-3-8-6(9)5-12-7(8)10/h5,9H,2-4H2,1H3. The molecule has 1 aromatic rings. The van der Waals surface area contributed by atoms with Gasteiger partial charge in [-0.1, -0.05) is 11.3 Å². The molecule has 0 spiro atoms. The molecule has 0 bridgehead atoms. The summed E-state index contributed by atoms with van der Waals surface area (Å²) in [6.07, 6.45) is 0.737. The molecule has 0 amide bonds. The lowest BCUT2D eigenvalue weighted by molar-refractivity contribution is 0.189. The second kappa shape index (κ2) is 4.27. The number of methoxy groups -OCH3 is 1. The Morgan fingerprint density at radius 1 is 1.75 bits per heavy atom. The Balaban J connectivity index is 2.56. The van der Waals surface area contributed by atoms with Crippen molar-refractivity contribution in [3.8, 4) is 5.88 Å². The molecule has 0 atom stereocenters. The fourth-order valence-electron chi connectivity index (χ4n) is 0.897. The van der Waals surface area contributed by atoms with E-state index in [0.717, 1.165) is 17.8 Å². The van der Waals surface area contributed by atoms with Gasteiger partial charge in [0.1, 0.15) is 0 Å². The second-order valence-electron chi connectivity index (χ2n) is 2.36. The lowest BCUT2D eigenvalue weighted by Gasteiger charge is -2.01. The van der Waals surface area contributed by atoms with Crippen molar-refractivity contribution in [3.63, 3.8) is 0 Å². The van der Waals surface area contributed by atoms with Crippen molar-refractivity contribution in [2.45, 2.75) is 13.0 Å². The summed E-state index contributed by atoms with van der Waals surface area (Å²) in [6.45, 7) is 1.11. The van der Waals surface area contributed by atoms with Crippen LogP contribution in [0.5, 0.6) is 5.88 Å². The normalized spacial score (nSPS) is 10.4. The van der Waals surface area contributed by atoms with Crippen molar-refractivity contribution in [3.05, 3.63) is 15.0 Å². The van der Waals surface area contributed by atoms with Crippen LogP contribution in [0.25, 0.3) is 0 Å². The van der Waals surface area contributed by atoms with Crippen molar-refractivity contribution in [1.82, 2.24) is 4.57 Å². The molecule has 1 aromatic heterocycles. The number of hydrogen-bond donors (Lipinski definition) is 1. The minimum atomic E-state index is -0.122. The van der Waals surface area contributed by atoms with Gasteiger partial charge >= 0.3 is 4.87 Å². The van der Waals surface area contributed by atoms with Crippen LogP contribution >= 0.6 is 11.3 Å². The molecule has 0 saturated heterocycles. The van der Waals surface area contributed by atoms with Gasteiger partial charge in [0.15, 0.2) is 0 Å². The molecule has 1 N–H and O–H groups in total. The fraction of sp³-hybridized carbons (Fsp3) is 0.571. The van der Waals surface area contributed by atoms with Crippen molar-refractivity contribution in [1.29, 1.82) is 0 Å². The Morgan fingerprint density at radius 2 is 2.50 bits per heavy atom. The third-order valence-electron chi connectivity index (χ3n) is 1.49. The van der Waals surface area contributed by atoms with Crippen LogP contribution in [0.1, 0.15) is 6.42 Å². The molecule has 5 heteroatoms. The van der Waals surface area contributed by atoms with Gasteiger partial charge in [-0.2, -0.15) is 0 Å². The quantitative estimate of drug-likeness (QED) is 0.707. The maximum Gasteiger partial charge on any atom is 0.309 e. The molecule has 12 heavy (non-hydrogen) atoms. The van der Waals surface area contributed by atoms with E-state index < -0.39 is 0 Å². The van der Waals surface area contributed by atoms with E-state index in [1.54, 1.807) is 7.11 Å². The predicted octanol–water partition coefficient (Wildman–Crippen LogP) is 0.652. The molecule has 0 fully saturated rings. The number of nitrogens with zero attached hydrogens (tertiary/aromatic N) is 1. The minimum absolute atomic E-state index is 0.0427. The minimum Gasteiger partial charge on any atom is -0.494 e. The Kier molecular flexibility index (Phi) is 3.31. The summed E-state index contributed by atoms with van der Waals surface area (Å²) in [7, 11) is 1.61. The summed E-state index contributed by atoms with van der Waals surface area (Å²) in [5.74, 6) is 0.0427. The Bertz CT molecular complexity index is 291. The highest BCUT2D eigenvalue weighted by atomic mass is 32.1. The molecule has 0 aromatic carbocycles. The van der Waals surface area contributed by atoms with Gasteiger partial charge in [-0.05, 0) is 6.42 Å². The zero-order valence-electron chi connectivity index (χ0n) is 6.82. The van der Waals surface area contributed by atoms with Gasteiger partial charge in [0.05, 0.1) is 5.38 Å². The van der Waals surface area contributed by atoms with Crippen LogP contribution in [0.15, 0.2) is 10.2 Å². The summed E-state index contributed by atoms with van der Waals surface area (Å²) in [4.78, 5) is 10.9. The maximum absolute atomic E-state index is 11.0. The van der Waals surface area contributed by atoms with Crippen molar-refractivity contribution >= 4 is 11.3 Å². The number of hydrogen-bond acceptors (Lipinski definition) is 4. The highest BCUT2D eigenvalue weighted by Crippen LogP contribution is 2.08. The Morgan fingerprint density at radius 3 is 3.00 bits per heavy atom. The first-order valence-electron chi connectivity index (χ1n) is 3.62. The molecule has 68 valence electrons. The fourth-order valence-corrected chi connectivity index (χ4v) is 1.54. The zero-order valence-corrected chi connectivity index (χ0v) is 7.63. The average Bonchev–Trinajstić information content (AvgIpc) is 2.35. The van der Waals surface area contributed by atoms with Crippen LogP contribution < -0.4 is 4.87 Å². The van der Waals surface area contributed by atoms with E-state index in [0.29, 0.717) is 13.2 Å². The molecular formula is C7H11NO3S. The van der Waals surface area contributed by atoms with Gasteiger partial charge in [0, 0.05) is 20.3 Å². The van der Waals surface area contributed by atoms with E-state index in [-0.39, 0.29) is 10.8 Å². The van der Waals surface area contributed by atoms with Crippen molar-refractivity contribution < 1.29 is 9.84 Å². The topological polar surface area (TPSA) is 51.5 Å². The first-order chi connectivity index (χ1) is 5.75. The van der Waals surface area contributed by atoms with Crippen LogP contribution in [0.2, 0.25) is 0 Å². The van der Waals surface area contributed by atoms with E-state index in [2.05, 4.69) is 0 Å². The molecule has 1 rings (SSSR count). The Labute approximate surface area is 74.0 Å². The molecule has 0 aliphatic heterocycles. The van der Waals surface area contributed by atoms with Gasteiger partial charge in [0.2, 0.25) is 5.88 Å². The molecule has 0 saturated carbocycles. The largest absolute Gasteiger partial charge is 0.494 e. The van der Waals surface area contributed by atoms with Gasteiger partial charge in [0.25, 0.3) is 0 Å². The molecular weight excluding hydrogens is 178 g/mol. The molecule has 4 nitrogen and oxygen atoms in total. The van der Waals surface area contributed by atoms with Crippen LogP contribution in [0, 0.1) is 0 Å². The number of rotatable bonds is 4.